The van der Waals surface area contributed by atoms with Gasteiger partial charge in [-0.05, 0) is 29.5 Å². The Morgan fingerprint density at radius 1 is 1.20 bits per heavy atom. The molecule has 4 heterocycles. The average Bonchev–Trinajstić information content (AvgIpc) is 3.18. The first-order valence-electron chi connectivity index (χ1n) is 6.52. The Balaban J connectivity index is 1.65. The van der Waals surface area contributed by atoms with Crippen molar-refractivity contribution in [2.24, 2.45) is 0 Å². The first-order valence-corrected chi connectivity index (χ1v) is 7.40. The summed E-state index contributed by atoms with van der Waals surface area (Å²) >= 11 is 1.85. The number of hydrogen-bond donors (Lipinski definition) is 0. The lowest BCUT2D eigenvalue weighted by Gasteiger charge is -2.27. The van der Waals surface area contributed by atoms with Crippen LogP contribution >= 0.6 is 11.3 Å². The molecular formula is C14H13N5S. The third kappa shape index (κ3) is 1.98. The zero-order valence-electron chi connectivity index (χ0n) is 10.8. The highest BCUT2D eigenvalue weighted by Crippen LogP contribution is 2.26. The van der Waals surface area contributed by atoms with Crippen molar-refractivity contribution < 1.29 is 0 Å². The highest BCUT2D eigenvalue weighted by molar-refractivity contribution is 7.10. The first kappa shape index (κ1) is 11.6. The summed E-state index contributed by atoms with van der Waals surface area (Å²) in [7, 11) is 0. The zero-order valence-corrected chi connectivity index (χ0v) is 11.6. The van der Waals surface area contributed by atoms with Gasteiger partial charge in [0.25, 0.3) is 0 Å². The van der Waals surface area contributed by atoms with Gasteiger partial charge >= 0.3 is 0 Å². The summed E-state index contributed by atoms with van der Waals surface area (Å²) < 4.78 is 1.73. The van der Waals surface area contributed by atoms with E-state index in [2.05, 4.69) is 31.4 Å². The van der Waals surface area contributed by atoms with Gasteiger partial charge in [0.1, 0.15) is 5.82 Å². The predicted molar refractivity (Wildman–Crippen MR) is 78.2 cm³/mol. The first-order chi connectivity index (χ1) is 9.90. The van der Waals surface area contributed by atoms with Gasteiger partial charge in [0, 0.05) is 30.4 Å². The molecule has 0 aliphatic carbocycles. The third-order valence-electron chi connectivity index (χ3n) is 3.48. The van der Waals surface area contributed by atoms with Crippen molar-refractivity contribution in [2.45, 2.75) is 13.0 Å². The summed E-state index contributed by atoms with van der Waals surface area (Å²) in [6.07, 6.45) is 8.26. The molecule has 1 aliphatic rings. The minimum absolute atomic E-state index is 0.753. The van der Waals surface area contributed by atoms with E-state index in [0.717, 1.165) is 31.1 Å². The molecule has 0 atom stereocenters. The van der Waals surface area contributed by atoms with Gasteiger partial charge in [-0.1, -0.05) is 0 Å². The Morgan fingerprint density at radius 3 is 3.05 bits per heavy atom. The fourth-order valence-corrected chi connectivity index (χ4v) is 3.35. The summed E-state index contributed by atoms with van der Waals surface area (Å²) in [4.78, 5) is 12.7. The van der Waals surface area contributed by atoms with Gasteiger partial charge in [0.15, 0.2) is 5.82 Å². The molecule has 0 amide bonds. The number of nitrogens with zero attached hydrogens (tertiary/aromatic N) is 5. The van der Waals surface area contributed by atoms with Crippen molar-refractivity contribution in [3.8, 4) is 5.82 Å². The van der Waals surface area contributed by atoms with E-state index >= 15 is 0 Å². The summed E-state index contributed by atoms with van der Waals surface area (Å²) in [5.74, 6) is 1.67. The van der Waals surface area contributed by atoms with Gasteiger partial charge in [-0.2, -0.15) is 5.10 Å². The van der Waals surface area contributed by atoms with Crippen LogP contribution in [0, 0.1) is 0 Å². The fourth-order valence-electron chi connectivity index (χ4n) is 2.46. The molecule has 0 unspecified atom stereocenters. The number of thiophene rings is 1. The van der Waals surface area contributed by atoms with Crippen LogP contribution in [0.3, 0.4) is 0 Å². The molecule has 0 spiro atoms. The van der Waals surface area contributed by atoms with Crippen LogP contribution in [0.25, 0.3) is 5.82 Å². The highest BCUT2D eigenvalue weighted by Gasteiger charge is 2.18. The molecule has 5 nitrogen and oxygen atoms in total. The molecular weight excluding hydrogens is 270 g/mol. The quantitative estimate of drug-likeness (QED) is 0.724. The second-order valence-electron chi connectivity index (χ2n) is 4.73. The zero-order chi connectivity index (χ0) is 13.4. The van der Waals surface area contributed by atoms with E-state index in [1.54, 1.807) is 17.1 Å². The minimum atomic E-state index is 0.753. The molecule has 3 aromatic heterocycles. The maximum Gasteiger partial charge on any atom is 0.173 e. The van der Waals surface area contributed by atoms with Gasteiger partial charge in [-0.3, -0.25) is 4.98 Å². The molecule has 6 heteroatoms. The van der Waals surface area contributed by atoms with Gasteiger partial charge in [-0.25, -0.2) is 9.67 Å². The molecule has 0 saturated heterocycles. The SMILES string of the molecule is c1cnn(-c2cncc(N3CCc4sccc4C3)n2)c1. The van der Waals surface area contributed by atoms with Gasteiger partial charge in [-0.15, -0.1) is 11.3 Å². The fraction of sp³-hybridized carbons (Fsp3) is 0.214. The van der Waals surface area contributed by atoms with Crippen molar-refractivity contribution in [3.63, 3.8) is 0 Å². The highest BCUT2D eigenvalue weighted by atomic mass is 32.1. The number of rotatable bonds is 2. The van der Waals surface area contributed by atoms with Crippen LogP contribution in [0.2, 0.25) is 0 Å². The number of fused-ring (bicyclic) bond motifs is 1. The van der Waals surface area contributed by atoms with Crippen molar-refractivity contribution >= 4 is 17.2 Å². The summed E-state index contributed by atoms with van der Waals surface area (Å²) in [5, 5.41) is 6.36. The Morgan fingerprint density at radius 2 is 2.15 bits per heavy atom. The second-order valence-corrected chi connectivity index (χ2v) is 5.73. The smallest absolute Gasteiger partial charge is 0.173 e. The van der Waals surface area contributed by atoms with E-state index in [1.165, 1.54) is 10.4 Å². The topological polar surface area (TPSA) is 46.8 Å². The van der Waals surface area contributed by atoms with Gasteiger partial charge in [0.2, 0.25) is 0 Å². The molecule has 1 aliphatic heterocycles. The van der Waals surface area contributed by atoms with Crippen LogP contribution in [-0.4, -0.2) is 26.3 Å². The molecule has 0 fully saturated rings. The Labute approximate surface area is 120 Å². The van der Waals surface area contributed by atoms with E-state index in [0.29, 0.717) is 0 Å². The van der Waals surface area contributed by atoms with E-state index in [4.69, 9.17) is 0 Å². The van der Waals surface area contributed by atoms with Crippen LogP contribution in [0.4, 0.5) is 5.82 Å². The largest absolute Gasteiger partial charge is 0.351 e. The summed E-state index contributed by atoms with van der Waals surface area (Å²) in [6, 6.07) is 4.09. The van der Waals surface area contributed by atoms with Crippen molar-refractivity contribution in [1.29, 1.82) is 0 Å². The lowest BCUT2D eigenvalue weighted by Crippen LogP contribution is -2.30. The monoisotopic (exact) mass is 283 g/mol. The molecule has 4 rings (SSSR count). The van der Waals surface area contributed by atoms with Crippen LogP contribution < -0.4 is 4.90 Å². The van der Waals surface area contributed by atoms with E-state index in [9.17, 15) is 0 Å². The molecule has 0 bridgehead atoms. The maximum absolute atomic E-state index is 4.66. The molecule has 3 aromatic rings. The minimum Gasteiger partial charge on any atom is -0.351 e. The Bertz CT molecular complexity index is 719. The molecule has 0 radical (unpaired) electrons. The van der Waals surface area contributed by atoms with Gasteiger partial charge in [0.05, 0.1) is 12.4 Å². The third-order valence-corrected chi connectivity index (χ3v) is 4.50. The second kappa shape index (κ2) is 4.72. The van der Waals surface area contributed by atoms with Crippen molar-refractivity contribution in [3.05, 3.63) is 52.7 Å². The van der Waals surface area contributed by atoms with Crippen LogP contribution in [-0.2, 0) is 13.0 Å². The maximum atomic E-state index is 4.66. The van der Waals surface area contributed by atoms with E-state index in [1.807, 2.05) is 29.8 Å². The molecule has 20 heavy (non-hydrogen) atoms. The lowest BCUT2D eigenvalue weighted by molar-refractivity contribution is 0.722. The Hall–Kier alpha value is -2.21. The van der Waals surface area contributed by atoms with Crippen LogP contribution in [0.15, 0.2) is 42.3 Å². The average molecular weight is 283 g/mol. The summed E-state index contributed by atoms with van der Waals surface area (Å²) in [6.45, 7) is 1.90. The standard InChI is InChI=1S/C14H13N5S/c1-4-16-19(5-1)14-9-15-8-13(17-14)18-6-2-12-11(10-18)3-7-20-12/h1,3-5,7-9H,2,6,10H2. The van der Waals surface area contributed by atoms with Crippen LogP contribution in [0.1, 0.15) is 10.4 Å². The normalized spacial score (nSPS) is 14.3. The molecule has 100 valence electrons. The lowest BCUT2D eigenvalue weighted by atomic mass is 10.1. The predicted octanol–water partition coefficient (Wildman–Crippen LogP) is 2.29. The van der Waals surface area contributed by atoms with E-state index in [-0.39, 0.29) is 0 Å². The van der Waals surface area contributed by atoms with Crippen molar-refractivity contribution in [2.75, 3.05) is 11.4 Å². The number of aromatic nitrogens is 4. The van der Waals surface area contributed by atoms with Gasteiger partial charge < -0.3 is 4.90 Å². The van der Waals surface area contributed by atoms with Crippen molar-refractivity contribution in [1.82, 2.24) is 19.7 Å². The molecule has 0 N–H and O–H groups in total. The molecule has 0 saturated carbocycles. The Kier molecular flexibility index (Phi) is 2.74. The number of hydrogen-bond acceptors (Lipinski definition) is 5. The van der Waals surface area contributed by atoms with E-state index < -0.39 is 0 Å². The van der Waals surface area contributed by atoms with Crippen LogP contribution in [0.5, 0.6) is 0 Å². The molecule has 0 aromatic carbocycles. The number of anilines is 1. The summed E-state index contributed by atoms with van der Waals surface area (Å²) in [5.41, 5.74) is 1.41.